The number of likely N-dealkylation sites (N-methyl/N-ethyl adjacent to an activating group) is 1. The van der Waals surface area contributed by atoms with Crippen molar-refractivity contribution in [2.75, 3.05) is 30.2 Å². The van der Waals surface area contributed by atoms with Gasteiger partial charge >= 0.3 is 6.09 Å². The smallest absolute Gasteiger partial charge is 0.411 e. The molecule has 1 aromatic heterocycles. The second kappa shape index (κ2) is 12.3. The molecule has 3 N–H and O–H groups in total. The molecule has 4 aromatic rings. The first-order valence-corrected chi connectivity index (χ1v) is 16.4. The number of rotatable bonds is 6. The number of nitrogens with zero attached hydrogens (tertiary/aromatic N) is 1. The van der Waals surface area contributed by atoms with Gasteiger partial charge in [0, 0.05) is 48.5 Å². The van der Waals surface area contributed by atoms with E-state index in [0.717, 1.165) is 16.5 Å². The van der Waals surface area contributed by atoms with Crippen molar-refractivity contribution in [3.05, 3.63) is 99.5 Å². The highest BCUT2D eigenvalue weighted by Crippen LogP contribution is 2.32. The normalized spacial score (nSPS) is 17.6. The Kier molecular flexibility index (Phi) is 8.24. The summed E-state index contributed by atoms with van der Waals surface area (Å²) >= 11 is 0. The van der Waals surface area contributed by atoms with Crippen LogP contribution >= 0.6 is 0 Å². The summed E-state index contributed by atoms with van der Waals surface area (Å²) in [6, 6.07) is 16.9. The number of anilines is 2. The van der Waals surface area contributed by atoms with Crippen LogP contribution in [-0.4, -0.2) is 55.1 Å². The van der Waals surface area contributed by atoms with Crippen molar-refractivity contribution in [3.63, 3.8) is 0 Å². The van der Waals surface area contributed by atoms with Crippen molar-refractivity contribution >= 4 is 44.0 Å². The molecule has 234 valence electrons. The number of hydrogen-bond donors (Lipinski definition) is 3. The SMILES string of the molecule is Cc1cc2ccc1CCOC(=O)Nc1ccc(OCS(=O)(=O)C3CC3)c(c1)CN(C)C(=O)[C@@H]2Nc1ccc2cc[nH]c(=O)c2c1. The number of hydrogen-bond acceptors (Lipinski definition) is 8. The fourth-order valence-electron chi connectivity index (χ4n) is 5.46. The number of fused-ring (bicyclic) bond motifs is 10. The molecule has 3 aromatic carbocycles. The van der Waals surface area contributed by atoms with Crippen LogP contribution in [0.5, 0.6) is 5.75 Å². The zero-order valence-corrected chi connectivity index (χ0v) is 25.8. The zero-order chi connectivity index (χ0) is 31.7. The molecule has 3 aliphatic rings. The topological polar surface area (TPSA) is 147 Å². The number of carbonyl (C=O) groups is 2. The molecule has 0 spiro atoms. The van der Waals surface area contributed by atoms with Gasteiger partial charge < -0.3 is 24.7 Å². The number of nitrogens with one attached hydrogen (secondary N) is 3. The van der Waals surface area contributed by atoms with Crippen molar-refractivity contribution in [1.29, 1.82) is 0 Å². The molecule has 7 rings (SSSR count). The summed E-state index contributed by atoms with van der Waals surface area (Å²) in [5, 5.41) is 6.93. The summed E-state index contributed by atoms with van der Waals surface area (Å²) in [6.45, 7) is 2.13. The van der Waals surface area contributed by atoms with Crippen molar-refractivity contribution < 1.29 is 27.5 Å². The first kappa shape index (κ1) is 30.2. The minimum Gasteiger partial charge on any atom is -0.477 e. The minimum atomic E-state index is -3.41. The third-order valence-corrected chi connectivity index (χ3v) is 10.1. The Morgan fingerprint density at radius 1 is 1.00 bits per heavy atom. The molecule has 1 atom stereocenters. The largest absolute Gasteiger partial charge is 0.477 e. The minimum absolute atomic E-state index is 0.0504. The highest BCUT2D eigenvalue weighted by atomic mass is 32.2. The maximum Gasteiger partial charge on any atom is 0.411 e. The van der Waals surface area contributed by atoms with Gasteiger partial charge in [-0.1, -0.05) is 24.3 Å². The Hall–Kier alpha value is -4.84. The summed E-state index contributed by atoms with van der Waals surface area (Å²) in [5.74, 6) is -0.461. The summed E-state index contributed by atoms with van der Waals surface area (Å²) in [6.07, 6.45) is 2.69. The van der Waals surface area contributed by atoms with Crippen LogP contribution in [0.2, 0.25) is 0 Å². The average Bonchev–Trinajstić information content (AvgIpc) is 3.87. The van der Waals surface area contributed by atoms with Gasteiger partial charge in [0.25, 0.3) is 5.56 Å². The number of aryl methyl sites for hydroxylation is 1. The van der Waals surface area contributed by atoms with E-state index in [4.69, 9.17) is 9.47 Å². The second-order valence-electron chi connectivity index (χ2n) is 11.5. The molecule has 1 saturated carbocycles. The standard InChI is InChI=1S/C33H34N4O7S/c1-20-15-23-4-3-21(20)12-14-43-33(40)36-25-7-10-29(44-19-45(41,42)27-8-9-27)24(16-25)18-37(2)32(39)30(23)35-26-6-5-22-11-13-34-31(38)28(22)17-26/h3-7,10-11,13,15-17,27,30,35H,8-9,12,14,18-19H2,1-2H3,(H,34,38)(H,36,40)/t30-/m1/s1. The Bertz CT molecular complexity index is 1950. The van der Waals surface area contributed by atoms with E-state index in [-0.39, 0.29) is 35.6 Å². The van der Waals surface area contributed by atoms with Crippen LogP contribution in [0.4, 0.5) is 16.2 Å². The Balaban J connectivity index is 1.36. The van der Waals surface area contributed by atoms with Gasteiger partial charge in [-0.2, -0.15) is 0 Å². The van der Waals surface area contributed by atoms with Crippen molar-refractivity contribution in [3.8, 4) is 5.75 Å². The summed E-state index contributed by atoms with van der Waals surface area (Å²) in [5.41, 5.74) is 3.89. The van der Waals surface area contributed by atoms with Gasteiger partial charge in [0.05, 0.1) is 11.9 Å². The lowest BCUT2D eigenvalue weighted by molar-refractivity contribution is -0.131. The van der Waals surface area contributed by atoms with Crippen molar-refractivity contribution in [2.45, 2.75) is 44.0 Å². The number of carbonyl (C=O) groups excluding carboxylic acids is 2. The van der Waals surface area contributed by atoms with Crippen molar-refractivity contribution in [1.82, 2.24) is 9.88 Å². The third kappa shape index (κ3) is 6.80. The van der Waals surface area contributed by atoms with Gasteiger partial charge in [0.15, 0.2) is 15.8 Å². The number of ether oxygens (including phenoxy) is 2. The van der Waals surface area contributed by atoms with E-state index in [1.165, 1.54) is 4.90 Å². The lowest BCUT2D eigenvalue weighted by atomic mass is 9.97. The predicted octanol–water partition coefficient (Wildman–Crippen LogP) is 4.67. The first-order chi connectivity index (χ1) is 21.6. The predicted molar refractivity (Wildman–Crippen MR) is 171 cm³/mol. The Morgan fingerprint density at radius 3 is 2.60 bits per heavy atom. The second-order valence-corrected chi connectivity index (χ2v) is 13.8. The van der Waals surface area contributed by atoms with Crippen LogP contribution in [0.1, 0.15) is 41.1 Å². The van der Waals surface area contributed by atoms with E-state index in [1.54, 1.807) is 37.5 Å². The number of pyridine rings is 1. The lowest BCUT2D eigenvalue weighted by Gasteiger charge is -2.27. The molecule has 2 amide bonds. The first-order valence-electron chi connectivity index (χ1n) is 14.7. The molecular weight excluding hydrogens is 596 g/mol. The van der Waals surface area contributed by atoms with E-state index in [2.05, 4.69) is 15.6 Å². The number of benzene rings is 3. The Morgan fingerprint density at radius 2 is 1.82 bits per heavy atom. The molecular formula is C33H34N4O7S. The third-order valence-electron chi connectivity index (χ3n) is 8.14. The van der Waals surface area contributed by atoms with E-state index < -0.39 is 27.9 Å². The quantitative estimate of drug-likeness (QED) is 0.279. The van der Waals surface area contributed by atoms with Crippen LogP contribution < -0.4 is 20.9 Å². The van der Waals surface area contributed by atoms with E-state index in [1.807, 2.05) is 43.3 Å². The van der Waals surface area contributed by atoms with E-state index >= 15 is 0 Å². The molecule has 45 heavy (non-hydrogen) atoms. The maximum atomic E-state index is 14.2. The van der Waals surface area contributed by atoms with Gasteiger partial charge in [0.1, 0.15) is 11.8 Å². The highest BCUT2D eigenvalue weighted by molar-refractivity contribution is 7.92. The van der Waals surface area contributed by atoms with Gasteiger partial charge in [0.2, 0.25) is 5.91 Å². The zero-order valence-electron chi connectivity index (χ0n) is 25.0. The summed E-state index contributed by atoms with van der Waals surface area (Å²) in [7, 11) is -1.77. The summed E-state index contributed by atoms with van der Waals surface area (Å²) in [4.78, 5) is 43.5. The molecule has 11 nitrogen and oxygen atoms in total. The molecule has 1 aliphatic carbocycles. The number of aromatic nitrogens is 1. The number of amides is 2. The fraction of sp³-hybridized carbons (Fsp3) is 0.303. The average molecular weight is 631 g/mol. The molecule has 0 unspecified atom stereocenters. The Labute approximate surface area is 260 Å². The van der Waals surface area contributed by atoms with Gasteiger partial charge in [-0.25, -0.2) is 13.2 Å². The van der Waals surface area contributed by atoms with Crippen LogP contribution in [0.3, 0.4) is 0 Å². The van der Waals surface area contributed by atoms with E-state index in [0.29, 0.717) is 47.2 Å². The number of sulfone groups is 1. The molecule has 4 bridgehead atoms. The summed E-state index contributed by atoms with van der Waals surface area (Å²) < 4.78 is 36.3. The van der Waals surface area contributed by atoms with Crippen LogP contribution in [-0.2, 0) is 32.3 Å². The monoisotopic (exact) mass is 630 g/mol. The molecule has 3 heterocycles. The molecule has 2 aliphatic heterocycles. The molecule has 0 radical (unpaired) electrons. The van der Waals surface area contributed by atoms with Gasteiger partial charge in [-0.15, -0.1) is 0 Å². The van der Waals surface area contributed by atoms with Gasteiger partial charge in [-0.05, 0) is 78.2 Å². The fourth-order valence-corrected chi connectivity index (χ4v) is 6.80. The molecule has 1 fully saturated rings. The van der Waals surface area contributed by atoms with Crippen LogP contribution in [0, 0.1) is 6.92 Å². The van der Waals surface area contributed by atoms with E-state index in [9.17, 15) is 22.8 Å². The number of aromatic amines is 1. The maximum absolute atomic E-state index is 14.2. The molecule has 12 heteroatoms. The van der Waals surface area contributed by atoms with Crippen molar-refractivity contribution in [2.24, 2.45) is 0 Å². The molecule has 0 saturated heterocycles. The van der Waals surface area contributed by atoms with Gasteiger partial charge in [-0.3, -0.25) is 14.9 Å². The number of H-pyrrole nitrogens is 1. The van der Waals surface area contributed by atoms with Crippen LogP contribution in [0.15, 0.2) is 71.7 Å². The highest BCUT2D eigenvalue weighted by Gasteiger charge is 2.36. The lowest BCUT2D eigenvalue weighted by Crippen LogP contribution is -2.35. The van der Waals surface area contributed by atoms with Crippen LogP contribution in [0.25, 0.3) is 10.8 Å².